The Morgan fingerprint density at radius 1 is 1.34 bits per heavy atom. The number of allylic oxidation sites excluding steroid dienone is 3. The van der Waals surface area contributed by atoms with Gasteiger partial charge in [-0.25, -0.2) is 9.18 Å². The molecule has 1 atom stereocenters. The van der Waals surface area contributed by atoms with Gasteiger partial charge in [-0.3, -0.25) is 0 Å². The van der Waals surface area contributed by atoms with Gasteiger partial charge in [0.15, 0.2) is 6.10 Å². The second kappa shape index (κ2) is 10.4. The topological polar surface area (TPSA) is 71.4 Å². The van der Waals surface area contributed by atoms with Crippen molar-refractivity contribution in [2.75, 3.05) is 14.2 Å². The third kappa shape index (κ3) is 6.06. The van der Waals surface area contributed by atoms with Crippen molar-refractivity contribution >= 4 is 23.3 Å². The molecule has 0 radical (unpaired) electrons. The summed E-state index contributed by atoms with van der Waals surface area (Å²) in [6.45, 7) is 9.28. The Hall–Kier alpha value is -2.47. The van der Waals surface area contributed by atoms with Crippen LogP contribution in [0.3, 0.4) is 0 Å². The van der Waals surface area contributed by atoms with E-state index in [-0.39, 0.29) is 5.41 Å². The maximum absolute atomic E-state index is 14.3. The third-order valence-electron chi connectivity index (χ3n) is 5.69. The number of alkyl halides is 1. The number of esters is 1. The first kappa shape index (κ1) is 25.8. The van der Waals surface area contributed by atoms with Gasteiger partial charge in [0.25, 0.3) is 0 Å². The van der Waals surface area contributed by atoms with Crippen LogP contribution >= 0.6 is 0 Å². The molecular weight excluding hydrogens is 407 g/mol. The zero-order valence-electron chi connectivity index (χ0n) is 20.4. The van der Waals surface area contributed by atoms with Crippen LogP contribution in [0.25, 0.3) is 11.1 Å². The minimum Gasteiger partial charge on any atom is -0.467 e. The van der Waals surface area contributed by atoms with Gasteiger partial charge in [0.05, 0.1) is 12.7 Å². The highest BCUT2D eigenvalue weighted by Gasteiger charge is 2.35. The molecule has 2 rings (SSSR count). The molecule has 6 heteroatoms. The van der Waals surface area contributed by atoms with E-state index in [0.717, 1.165) is 36.0 Å². The standard InChI is InChI=1S/C26H37FN2O3/c1-25(2,3)32-23(24(30)31-7)22-18(14-27)8-9-20(19(15-28)16-29-6)21(22)17-10-12-26(4,5)13-11-17/h8-10,15-16,23,28-29H,11-14H2,1-7H3/b19-16+,28-15?. The van der Waals surface area contributed by atoms with E-state index in [1.165, 1.54) is 13.3 Å². The highest BCUT2D eigenvalue weighted by molar-refractivity contribution is 6.10. The molecule has 0 aromatic heterocycles. The number of methoxy groups -OCH3 is 1. The van der Waals surface area contributed by atoms with Crippen LogP contribution in [0.5, 0.6) is 0 Å². The number of carbonyl (C=O) groups excluding carboxylic acids is 1. The molecule has 2 N–H and O–H groups in total. The number of halogens is 1. The molecule has 1 aliphatic rings. The fraction of sp³-hybridized carbons (Fsp3) is 0.538. The molecule has 0 amide bonds. The molecule has 0 bridgehead atoms. The second-order valence-corrected chi connectivity index (χ2v) is 9.96. The summed E-state index contributed by atoms with van der Waals surface area (Å²) in [5.41, 5.74) is 3.60. The monoisotopic (exact) mass is 444 g/mol. The summed E-state index contributed by atoms with van der Waals surface area (Å²) in [4.78, 5) is 12.9. The number of hydrogen-bond acceptors (Lipinski definition) is 5. The summed E-state index contributed by atoms with van der Waals surface area (Å²) in [7, 11) is 3.08. The number of rotatable bonds is 8. The van der Waals surface area contributed by atoms with E-state index in [9.17, 15) is 9.18 Å². The normalized spacial score (nSPS) is 17.4. The van der Waals surface area contributed by atoms with Gasteiger partial charge in [0.2, 0.25) is 0 Å². The first-order valence-corrected chi connectivity index (χ1v) is 11.0. The Morgan fingerprint density at radius 2 is 2.03 bits per heavy atom. The van der Waals surface area contributed by atoms with Crippen LogP contribution in [-0.4, -0.2) is 31.9 Å². The van der Waals surface area contributed by atoms with E-state index in [1.54, 1.807) is 19.3 Å². The predicted molar refractivity (Wildman–Crippen MR) is 128 cm³/mol. The average Bonchev–Trinajstić information content (AvgIpc) is 2.74. The molecule has 32 heavy (non-hydrogen) atoms. The minimum absolute atomic E-state index is 0.177. The summed E-state index contributed by atoms with van der Waals surface area (Å²) in [5, 5.41) is 10.9. The van der Waals surface area contributed by atoms with Gasteiger partial charge in [-0.15, -0.1) is 0 Å². The van der Waals surface area contributed by atoms with Crippen LogP contribution in [0, 0.1) is 10.8 Å². The Morgan fingerprint density at radius 3 is 2.50 bits per heavy atom. The van der Waals surface area contributed by atoms with Crippen LogP contribution in [0.2, 0.25) is 0 Å². The van der Waals surface area contributed by atoms with Crippen LogP contribution in [0.15, 0.2) is 24.4 Å². The molecule has 0 saturated carbocycles. The quantitative estimate of drug-likeness (QED) is 0.382. The van der Waals surface area contributed by atoms with E-state index in [0.29, 0.717) is 16.7 Å². The molecule has 0 aliphatic heterocycles. The van der Waals surface area contributed by atoms with Crippen molar-refractivity contribution in [2.45, 2.75) is 72.3 Å². The van der Waals surface area contributed by atoms with Crippen LogP contribution in [0.4, 0.5) is 4.39 Å². The van der Waals surface area contributed by atoms with Crippen molar-refractivity contribution in [3.05, 3.63) is 46.7 Å². The highest BCUT2D eigenvalue weighted by atomic mass is 19.1. The van der Waals surface area contributed by atoms with Gasteiger partial charge >= 0.3 is 5.97 Å². The fourth-order valence-electron chi connectivity index (χ4n) is 4.01. The molecule has 5 nitrogen and oxygen atoms in total. The third-order valence-corrected chi connectivity index (χ3v) is 5.69. The summed E-state index contributed by atoms with van der Waals surface area (Å²) < 4.78 is 25.5. The molecular formula is C26H37FN2O3. The number of benzene rings is 1. The number of nitrogens with one attached hydrogen (secondary N) is 2. The predicted octanol–water partition coefficient (Wildman–Crippen LogP) is 5.99. The molecule has 1 unspecified atom stereocenters. The summed E-state index contributed by atoms with van der Waals surface area (Å²) in [6.07, 6.45) is 6.72. The fourth-order valence-corrected chi connectivity index (χ4v) is 4.01. The van der Waals surface area contributed by atoms with Crippen LogP contribution in [0.1, 0.15) is 82.2 Å². The second-order valence-electron chi connectivity index (χ2n) is 9.96. The van der Waals surface area contributed by atoms with Crippen molar-refractivity contribution in [3.63, 3.8) is 0 Å². The van der Waals surface area contributed by atoms with Gasteiger partial charge < -0.3 is 20.2 Å². The van der Waals surface area contributed by atoms with Crippen molar-refractivity contribution in [2.24, 2.45) is 5.41 Å². The number of ether oxygens (including phenoxy) is 2. The number of carbonyl (C=O) groups is 1. The van der Waals surface area contributed by atoms with Crippen LogP contribution < -0.4 is 5.32 Å². The van der Waals surface area contributed by atoms with E-state index >= 15 is 0 Å². The Labute approximate surface area is 191 Å². The van der Waals surface area contributed by atoms with Gasteiger partial charge in [-0.2, -0.15) is 0 Å². The molecule has 1 aliphatic carbocycles. The molecule has 176 valence electrons. The smallest absolute Gasteiger partial charge is 0.339 e. The summed E-state index contributed by atoms with van der Waals surface area (Å²) in [5.74, 6) is -0.571. The molecule has 0 fully saturated rings. The minimum atomic E-state index is -1.09. The molecule has 0 heterocycles. The van der Waals surface area contributed by atoms with Crippen molar-refractivity contribution in [3.8, 4) is 0 Å². The van der Waals surface area contributed by atoms with E-state index in [1.807, 2.05) is 26.8 Å². The molecule has 1 aromatic rings. The van der Waals surface area contributed by atoms with Crippen molar-refractivity contribution in [1.29, 1.82) is 5.41 Å². The largest absolute Gasteiger partial charge is 0.467 e. The van der Waals surface area contributed by atoms with Gasteiger partial charge in [0, 0.05) is 30.6 Å². The lowest BCUT2D eigenvalue weighted by atomic mass is 9.74. The van der Waals surface area contributed by atoms with Crippen molar-refractivity contribution in [1.82, 2.24) is 5.32 Å². The van der Waals surface area contributed by atoms with Gasteiger partial charge in [-0.05, 0) is 67.7 Å². The molecule has 1 aromatic carbocycles. The maximum atomic E-state index is 14.3. The molecule has 0 spiro atoms. The summed E-state index contributed by atoms with van der Waals surface area (Å²) in [6, 6.07) is 3.50. The van der Waals surface area contributed by atoms with Gasteiger partial charge in [-0.1, -0.05) is 32.1 Å². The van der Waals surface area contributed by atoms with E-state index in [4.69, 9.17) is 14.9 Å². The lowest BCUT2D eigenvalue weighted by Gasteiger charge is -2.33. The molecule has 0 saturated heterocycles. The number of hydrogen-bond donors (Lipinski definition) is 2. The summed E-state index contributed by atoms with van der Waals surface area (Å²) >= 11 is 0. The van der Waals surface area contributed by atoms with E-state index < -0.39 is 24.3 Å². The van der Waals surface area contributed by atoms with Gasteiger partial charge in [0.1, 0.15) is 6.67 Å². The zero-order chi connectivity index (χ0) is 24.1. The SMILES string of the molecule is CN/C=C(\C=N)c1ccc(CF)c(C(OC(C)(C)C)C(=O)OC)c1C1=CCC(C)(C)CC1. The zero-order valence-corrected chi connectivity index (χ0v) is 20.4. The first-order chi connectivity index (χ1) is 15.0. The van der Waals surface area contributed by atoms with Crippen molar-refractivity contribution < 1.29 is 18.7 Å². The Kier molecular flexibility index (Phi) is 8.41. The lowest BCUT2D eigenvalue weighted by molar-refractivity contribution is -0.164. The maximum Gasteiger partial charge on any atom is 0.339 e. The van der Waals surface area contributed by atoms with E-state index in [2.05, 4.69) is 25.2 Å². The highest BCUT2D eigenvalue weighted by Crippen LogP contribution is 2.44. The Bertz CT molecular complexity index is 910. The average molecular weight is 445 g/mol. The lowest BCUT2D eigenvalue weighted by Crippen LogP contribution is -2.30. The first-order valence-electron chi connectivity index (χ1n) is 11.0. The van der Waals surface area contributed by atoms with Crippen LogP contribution in [-0.2, 0) is 20.9 Å². The Balaban J connectivity index is 2.91.